The number of aromatic nitrogens is 1. The zero-order valence-electron chi connectivity index (χ0n) is 21.2. The van der Waals surface area contributed by atoms with Crippen LogP contribution in [0.25, 0.3) is 0 Å². The van der Waals surface area contributed by atoms with E-state index in [9.17, 15) is 9.83 Å². The molecule has 4 nitrogen and oxygen atoms in total. The Balaban J connectivity index is 1.52. The molecule has 0 spiro atoms. The van der Waals surface area contributed by atoms with Crippen molar-refractivity contribution >= 4 is 40.2 Å². The van der Waals surface area contributed by atoms with Gasteiger partial charge in [0.1, 0.15) is 5.44 Å². The Kier molecular flexibility index (Phi) is 5.75. The lowest BCUT2D eigenvalue weighted by Crippen LogP contribution is -2.31. The van der Waals surface area contributed by atoms with Crippen LogP contribution in [0.4, 0.5) is 17.1 Å². The summed E-state index contributed by atoms with van der Waals surface area (Å²) in [5.74, 6) is 0. The van der Waals surface area contributed by atoms with Gasteiger partial charge < -0.3 is 9.46 Å². The number of hydrogen-bond acceptors (Lipinski definition) is 4. The van der Waals surface area contributed by atoms with Crippen molar-refractivity contribution in [2.24, 2.45) is 0 Å². The van der Waals surface area contributed by atoms with Gasteiger partial charge in [0.15, 0.2) is 7.14 Å². The fraction of sp³-hybridized carbons (Fsp3) is 0.0909. The van der Waals surface area contributed by atoms with Crippen LogP contribution < -0.4 is 20.9 Å². The molecule has 5 heteroatoms. The molecule has 0 amide bonds. The summed E-state index contributed by atoms with van der Waals surface area (Å²) in [5, 5.41) is 11.1. The summed E-state index contributed by atoms with van der Waals surface area (Å²) >= 11 is 0. The maximum absolute atomic E-state index is 14.8. The first-order valence-corrected chi connectivity index (χ1v) is 14.3. The molecule has 0 radical (unpaired) electrons. The highest BCUT2D eigenvalue weighted by atomic mass is 31.2. The molecule has 2 heterocycles. The average molecular weight is 512 g/mol. The SMILES string of the molecule is CC1(C)c2ccccc2N(c2ccc(P(=O)(c3ccccc3)c3ccccc3)nc2)c2ccc(C#N)cc21. The van der Waals surface area contributed by atoms with Crippen molar-refractivity contribution in [3.63, 3.8) is 0 Å². The van der Waals surface area contributed by atoms with Crippen LogP contribution in [0.15, 0.2) is 121 Å². The highest BCUT2D eigenvalue weighted by molar-refractivity contribution is 7.85. The van der Waals surface area contributed by atoms with E-state index in [1.165, 1.54) is 5.56 Å². The summed E-state index contributed by atoms with van der Waals surface area (Å²) in [7, 11) is -3.17. The van der Waals surface area contributed by atoms with Crippen LogP contribution in [0, 0.1) is 11.3 Å². The van der Waals surface area contributed by atoms with Gasteiger partial charge in [-0.1, -0.05) is 92.7 Å². The number of benzene rings is 4. The van der Waals surface area contributed by atoms with E-state index < -0.39 is 7.14 Å². The van der Waals surface area contributed by atoms with E-state index in [2.05, 4.69) is 43.0 Å². The van der Waals surface area contributed by atoms with Crippen molar-refractivity contribution in [1.82, 2.24) is 4.98 Å². The lowest BCUT2D eigenvalue weighted by Gasteiger charge is -2.42. The first kappa shape index (κ1) is 23.9. The Morgan fingerprint density at radius 3 is 1.95 bits per heavy atom. The quantitative estimate of drug-likeness (QED) is 0.252. The van der Waals surface area contributed by atoms with Crippen molar-refractivity contribution in [2.75, 3.05) is 4.90 Å². The maximum Gasteiger partial charge on any atom is 0.188 e. The molecule has 0 unspecified atom stereocenters. The van der Waals surface area contributed by atoms with E-state index in [1.54, 1.807) is 0 Å². The van der Waals surface area contributed by atoms with Gasteiger partial charge in [-0.2, -0.15) is 5.26 Å². The second kappa shape index (κ2) is 9.14. The number of hydrogen-bond donors (Lipinski definition) is 0. The number of pyridine rings is 1. The number of nitriles is 1. The maximum atomic E-state index is 14.8. The Morgan fingerprint density at radius 2 is 1.34 bits per heavy atom. The molecule has 1 aliphatic rings. The summed E-state index contributed by atoms with van der Waals surface area (Å²) in [4.78, 5) is 7.02. The van der Waals surface area contributed by atoms with Crippen LogP contribution in [0.1, 0.15) is 30.5 Å². The molecular weight excluding hydrogens is 485 g/mol. The minimum atomic E-state index is -3.17. The zero-order valence-corrected chi connectivity index (χ0v) is 22.1. The lowest BCUT2D eigenvalue weighted by molar-refractivity contribution is 0.592. The van der Waals surface area contributed by atoms with E-state index in [0.29, 0.717) is 11.0 Å². The van der Waals surface area contributed by atoms with Gasteiger partial charge in [0.05, 0.1) is 34.9 Å². The fourth-order valence-corrected chi connectivity index (χ4v) is 7.95. The van der Waals surface area contributed by atoms with E-state index in [4.69, 9.17) is 4.98 Å². The van der Waals surface area contributed by atoms with Crippen LogP contribution in [-0.4, -0.2) is 4.98 Å². The number of anilines is 3. The fourth-order valence-electron chi connectivity index (χ4n) is 5.44. The molecule has 0 N–H and O–H groups in total. The van der Waals surface area contributed by atoms with Crippen molar-refractivity contribution in [3.05, 3.63) is 138 Å². The number of para-hydroxylation sites is 1. The first-order chi connectivity index (χ1) is 18.4. The molecule has 0 saturated carbocycles. The number of nitrogens with zero attached hydrogens (tertiary/aromatic N) is 3. The van der Waals surface area contributed by atoms with Gasteiger partial charge in [0.2, 0.25) is 0 Å². The van der Waals surface area contributed by atoms with E-state index >= 15 is 0 Å². The highest BCUT2D eigenvalue weighted by Gasteiger charge is 2.37. The summed E-state index contributed by atoms with van der Waals surface area (Å²) in [5.41, 5.74) is 6.11. The Morgan fingerprint density at radius 1 is 0.737 bits per heavy atom. The molecule has 0 atom stereocenters. The van der Waals surface area contributed by atoms with Gasteiger partial charge >= 0.3 is 0 Å². The molecule has 1 aromatic heterocycles. The molecule has 4 aromatic carbocycles. The summed E-state index contributed by atoms with van der Waals surface area (Å²) in [6.45, 7) is 4.39. The lowest BCUT2D eigenvalue weighted by atomic mass is 9.73. The van der Waals surface area contributed by atoms with Gasteiger partial charge in [-0.3, -0.25) is 4.98 Å². The molecule has 0 fully saturated rings. The summed E-state index contributed by atoms with van der Waals surface area (Å²) in [6, 6.07) is 39.5. The van der Waals surface area contributed by atoms with E-state index in [0.717, 1.165) is 33.2 Å². The van der Waals surface area contributed by atoms with Gasteiger partial charge in [-0.25, -0.2) is 0 Å². The second-order valence-electron chi connectivity index (χ2n) is 9.98. The van der Waals surface area contributed by atoms with E-state index in [-0.39, 0.29) is 5.41 Å². The minimum Gasteiger partial charge on any atom is -0.308 e. The van der Waals surface area contributed by atoms with Gasteiger partial charge in [0.25, 0.3) is 0 Å². The molecule has 38 heavy (non-hydrogen) atoms. The Hall–Kier alpha value is -4.45. The van der Waals surface area contributed by atoms with Crippen molar-refractivity contribution in [2.45, 2.75) is 19.3 Å². The second-order valence-corrected chi connectivity index (χ2v) is 12.7. The molecule has 5 aromatic rings. The summed E-state index contributed by atoms with van der Waals surface area (Å²) in [6.07, 6.45) is 1.81. The molecule has 0 bridgehead atoms. The van der Waals surface area contributed by atoms with Gasteiger partial charge in [-0.15, -0.1) is 0 Å². The van der Waals surface area contributed by atoms with Crippen molar-refractivity contribution in [3.8, 4) is 6.07 Å². The molecule has 0 saturated heterocycles. The third-order valence-corrected chi connectivity index (χ3v) is 10.4. The van der Waals surface area contributed by atoms with Crippen molar-refractivity contribution < 1.29 is 4.57 Å². The number of fused-ring (bicyclic) bond motifs is 2. The standard InChI is InChI=1S/C33H26N3OP/c1-33(2)28-15-9-10-16-30(28)36(31-19-17-24(22-34)21-29(31)33)25-18-20-32(35-23-25)38(37,26-11-5-3-6-12-26)27-13-7-4-8-14-27/h3-21,23H,1-2H3. The van der Waals surface area contributed by atoms with Crippen LogP contribution in [0.3, 0.4) is 0 Å². The molecule has 0 aliphatic carbocycles. The molecule has 1 aliphatic heterocycles. The normalized spacial score (nSPS) is 13.8. The minimum absolute atomic E-state index is 0.279. The van der Waals surface area contributed by atoms with Gasteiger partial charge in [0, 0.05) is 16.0 Å². The number of rotatable bonds is 4. The Bertz CT molecular complexity index is 1680. The topological polar surface area (TPSA) is 57.0 Å². The van der Waals surface area contributed by atoms with Crippen LogP contribution in [0.2, 0.25) is 0 Å². The average Bonchev–Trinajstić information content (AvgIpc) is 2.98. The Labute approximate surface area is 223 Å². The van der Waals surface area contributed by atoms with Gasteiger partial charge in [-0.05, 0) is 47.5 Å². The molecular formula is C33H26N3OP. The van der Waals surface area contributed by atoms with E-state index in [1.807, 2.05) is 103 Å². The zero-order chi connectivity index (χ0) is 26.3. The van der Waals surface area contributed by atoms with Crippen molar-refractivity contribution in [1.29, 1.82) is 5.26 Å². The van der Waals surface area contributed by atoms with Crippen LogP contribution >= 0.6 is 7.14 Å². The third-order valence-electron chi connectivity index (χ3n) is 7.41. The monoisotopic (exact) mass is 511 g/mol. The highest BCUT2D eigenvalue weighted by Crippen LogP contribution is 2.52. The third kappa shape index (κ3) is 3.67. The summed E-state index contributed by atoms with van der Waals surface area (Å²) < 4.78 is 14.8. The molecule has 184 valence electrons. The predicted octanol–water partition coefficient (Wildman–Crippen LogP) is 6.70. The largest absolute Gasteiger partial charge is 0.308 e. The molecule has 6 rings (SSSR count). The predicted molar refractivity (Wildman–Crippen MR) is 155 cm³/mol. The van der Waals surface area contributed by atoms with Crippen LogP contribution in [0.5, 0.6) is 0 Å². The van der Waals surface area contributed by atoms with Crippen LogP contribution in [-0.2, 0) is 9.98 Å². The first-order valence-electron chi connectivity index (χ1n) is 12.6. The smallest absolute Gasteiger partial charge is 0.188 e.